The molecular weight excluding hydrogens is 238 g/mol. The van der Waals surface area contributed by atoms with Crippen LogP contribution < -0.4 is 4.74 Å². The second-order valence-electron chi connectivity index (χ2n) is 4.08. The van der Waals surface area contributed by atoms with E-state index < -0.39 is 16.5 Å². The molecule has 1 aromatic rings. The number of ether oxygens (including phenoxy) is 2. The number of rotatable bonds is 5. The quantitative estimate of drug-likeness (QED) is 0.457. The Morgan fingerprint density at radius 1 is 1.33 bits per heavy atom. The average molecular weight is 253 g/mol. The lowest BCUT2D eigenvalue weighted by atomic mass is 10.1. The van der Waals surface area contributed by atoms with Gasteiger partial charge in [-0.15, -0.1) is 0 Å². The molecule has 1 rings (SSSR count). The van der Waals surface area contributed by atoms with Crippen LogP contribution in [0.2, 0.25) is 0 Å². The molecule has 0 fully saturated rings. The smallest absolute Gasteiger partial charge is 0.349 e. The van der Waals surface area contributed by atoms with Crippen LogP contribution in [0.15, 0.2) is 24.3 Å². The number of hydrogen-bond acceptors (Lipinski definition) is 5. The van der Waals surface area contributed by atoms with Crippen LogP contribution in [-0.2, 0) is 9.53 Å². The van der Waals surface area contributed by atoms with Gasteiger partial charge in [0.25, 0.3) is 5.69 Å². The summed E-state index contributed by atoms with van der Waals surface area (Å²) < 4.78 is 10.3. The van der Waals surface area contributed by atoms with Crippen molar-refractivity contribution >= 4 is 11.7 Å². The van der Waals surface area contributed by atoms with Gasteiger partial charge in [0, 0.05) is 12.1 Å². The van der Waals surface area contributed by atoms with E-state index in [0.717, 1.165) is 0 Å². The summed E-state index contributed by atoms with van der Waals surface area (Å²) in [6.45, 7) is 5.13. The number of nitro groups is 1. The standard InChI is InChI=1S/C12H15NO5/c1-4-17-11(14)12(2,3)18-10-7-5-9(6-8-10)13(15)16/h5-8H,4H2,1-3H3. The molecule has 0 aliphatic heterocycles. The number of carbonyl (C=O) groups excluding carboxylic acids is 1. The van der Waals surface area contributed by atoms with Crippen LogP contribution in [0.5, 0.6) is 5.75 Å². The SMILES string of the molecule is CCOC(=O)C(C)(C)Oc1ccc([N+](=O)[O-])cc1. The monoisotopic (exact) mass is 253 g/mol. The third kappa shape index (κ3) is 3.44. The summed E-state index contributed by atoms with van der Waals surface area (Å²) in [5.74, 6) is -0.109. The summed E-state index contributed by atoms with van der Waals surface area (Å²) in [7, 11) is 0. The third-order valence-corrected chi connectivity index (χ3v) is 2.19. The lowest BCUT2D eigenvalue weighted by molar-refractivity contribution is -0.384. The van der Waals surface area contributed by atoms with Crippen LogP contribution in [0, 0.1) is 10.1 Å². The zero-order chi connectivity index (χ0) is 13.8. The second kappa shape index (κ2) is 5.48. The normalized spacial score (nSPS) is 10.8. The summed E-state index contributed by atoms with van der Waals surface area (Å²) in [6, 6.07) is 5.52. The third-order valence-electron chi connectivity index (χ3n) is 2.19. The molecule has 18 heavy (non-hydrogen) atoms. The molecule has 0 spiro atoms. The highest BCUT2D eigenvalue weighted by Crippen LogP contribution is 2.22. The van der Waals surface area contributed by atoms with Crippen molar-refractivity contribution in [1.82, 2.24) is 0 Å². The van der Waals surface area contributed by atoms with Crippen molar-refractivity contribution in [2.75, 3.05) is 6.61 Å². The van der Waals surface area contributed by atoms with Gasteiger partial charge in [-0.3, -0.25) is 10.1 Å². The number of non-ortho nitro benzene ring substituents is 1. The minimum Gasteiger partial charge on any atom is -0.476 e. The maximum Gasteiger partial charge on any atom is 0.349 e. The number of nitro benzene ring substituents is 1. The van der Waals surface area contributed by atoms with E-state index in [1.54, 1.807) is 20.8 Å². The Balaban J connectivity index is 2.78. The molecule has 0 unspecified atom stereocenters. The van der Waals surface area contributed by atoms with Crippen molar-refractivity contribution < 1.29 is 19.2 Å². The van der Waals surface area contributed by atoms with E-state index in [9.17, 15) is 14.9 Å². The van der Waals surface area contributed by atoms with Gasteiger partial charge >= 0.3 is 5.97 Å². The maximum absolute atomic E-state index is 11.6. The van der Waals surface area contributed by atoms with Crippen LogP contribution in [-0.4, -0.2) is 23.1 Å². The fourth-order valence-electron chi connectivity index (χ4n) is 1.28. The highest BCUT2D eigenvalue weighted by molar-refractivity contribution is 5.79. The van der Waals surface area contributed by atoms with Gasteiger partial charge in [0.15, 0.2) is 5.60 Å². The Labute approximate surface area is 105 Å². The molecule has 1 aromatic carbocycles. The predicted molar refractivity (Wildman–Crippen MR) is 64.4 cm³/mol. The summed E-state index contributed by atoms with van der Waals surface area (Å²) in [5, 5.41) is 10.5. The van der Waals surface area contributed by atoms with E-state index in [-0.39, 0.29) is 12.3 Å². The fraction of sp³-hybridized carbons (Fsp3) is 0.417. The van der Waals surface area contributed by atoms with E-state index in [4.69, 9.17) is 9.47 Å². The minimum absolute atomic E-state index is 0.0312. The number of carbonyl (C=O) groups is 1. The van der Waals surface area contributed by atoms with Crippen LogP contribution in [0.4, 0.5) is 5.69 Å². The largest absolute Gasteiger partial charge is 0.476 e. The minimum atomic E-state index is -1.13. The molecule has 0 saturated heterocycles. The Hall–Kier alpha value is -2.11. The molecule has 0 bridgehead atoms. The molecule has 0 atom stereocenters. The molecule has 98 valence electrons. The van der Waals surface area contributed by atoms with Gasteiger partial charge in [0.2, 0.25) is 0 Å². The van der Waals surface area contributed by atoms with Crippen molar-refractivity contribution in [2.24, 2.45) is 0 Å². The van der Waals surface area contributed by atoms with Gasteiger partial charge < -0.3 is 9.47 Å². The van der Waals surface area contributed by atoms with Crippen LogP contribution in [0.1, 0.15) is 20.8 Å². The van der Waals surface area contributed by atoms with Crippen molar-refractivity contribution in [2.45, 2.75) is 26.4 Å². The number of nitrogens with zero attached hydrogens (tertiary/aromatic N) is 1. The topological polar surface area (TPSA) is 78.7 Å². The van der Waals surface area contributed by atoms with E-state index in [2.05, 4.69) is 0 Å². The first kappa shape index (κ1) is 14.0. The average Bonchev–Trinajstić information content (AvgIpc) is 2.29. The van der Waals surface area contributed by atoms with Crippen LogP contribution >= 0.6 is 0 Å². The highest BCUT2D eigenvalue weighted by atomic mass is 16.6. The Bertz CT molecular complexity index is 438. The lowest BCUT2D eigenvalue weighted by Crippen LogP contribution is -2.39. The van der Waals surface area contributed by atoms with Gasteiger partial charge in [-0.25, -0.2) is 4.79 Å². The molecular formula is C12H15NO5. The first-order valence-electron chi connectivity index (χ1n) is 5.47. The molecule has 0 N–H and O–H groups in total. The molecule has 0 amide bonds. The van der Waals surface area contributed by atoms with Crippen LogP contribution in [0.3, 0.4) is 0 Å². The Morgan fingerprint density at radius 2 is 1.89 bits per heavy atom. The fourth-order valence-corrected chi connectivity index (χ4v) is 1.28. The van der Waals surface area contributed by atoms with Gasteiger partial charge in [-0.05, 0) is 32.9 Å². The zero-order valence-electron chi connectivity index (χ0n) is 10.5. The van der Waals surface area contributed by atoms with E-state index in [0.29, 0.717) is 5.75 Å². The molecule has 0 aromatic heterocycles. The number of benzene rings is 1. The van der Waals surface area contributed by atoms with Crippen molar-refractivity contribution in [3.63, 3.8) is 0 Å². The van der Waals surface area contributed by atoms with Crippen molar-refractivity contribution in [3.8, 4) is 5.75 Å². The molecule has 0 aliphatic carbocycles. The Morgan fingerprint density at radius 3 is 2.33 bits per heavy atom. The molecule has 6 nitrogen and oxygen atoms in total. The molecule has 0 heterocycles. The number of esters is 1. The maximum atomic E-state index is 11.6. The highest BCUT2D eigenvalue weighted by Gasteiger charge is 2.31. The van der Waals surface area contributed by atoms with Gasteiger partial charge in [-0.2, -0.15) is 0 Å². The molecule has 0 radical (unpaired) electrons. The summed E-state index contributed by atoms with van der Waals surface area (Å²) in [4.78, 5) is 21.6. The van der Waals surface area contributed by atoms with Gasteiger partial charge in [0.1, 0.15) is 5.75 Å². The van der Waals surface area contributed by atoms with Crippen LogP contribution in [0.25, 0.3) is 0 Å². The molecule has 6 heteroatoms. The lowest BCUT2D eigenvalue weighted by Gasteiger charge is -2.23. The Kier molecular flexibility index (Phi) is 4.25. The van der Waals surface area contributed by atoms with Gasteiger partial charge in [-0.1, -0.05) is 0 Å². The van der Waals surface area contributed by atoms with E-state index in [1.165, 1.54) is 24.3 Å². The van der Waals surface area contributed by atoms with E-state index in [1.807, 2.05) is 0 Å². The zero-order valence-corrected chi connectivity index (χ0v) is 10.5. The van der Waals surface area contributed by atoms with Gasteiger partial charge in [0.05, 0.1) is 11.5 Å². The molecule has 0 saturated carbocycles. The van der Waals surface area contributed by atoms with Crippen molar-refractivity contribution in [1.29, 1.82) is 0 Å². The predicted octanol–water partition coefficient (Wildman–Crippen LogP) is 2.32. The first-order chi connectivity index (χ1) is 8.36. The summed E-state index contributed by atoms with van der Waals surface area (Å²) in [6.07, 6.45) is 0. The van der Waals surface area contributed by atoms with E-state index >= 15 is 0 Å². The number of hydrogen-bond donors (Lipinski definition) is 0. The first-order valence-corrected chi connectivity index (χ1v) is 5.47. The summed E-state index contributed by atoms with van der Waals surface area (Å²) in [5.41, 5.74) is -1.16. The summed E-state index contributed by atoms with van der Waals surface area (Å²) >= 11 is 0. The molecule has 0 aliphatic rings. The van der Waals surface area contributed by atoms with Crippen molar-refractivity contribution in [3.05, 3.63) is 34.4 Å². The second-order valence-corrected chi connectivity index (χ2v) is 4.08.